The van der Waals surface area contributed by atoms with Crippen LogP contribution in [0, 0.1) is 6.92 Å². The summed E-state index contributed by atoms with van der Waals surface area (Å²) in [6.07, 6.45) is 0.492. The average molecular weight is 323 g/mol. The molecule has 0 bridgehead atoms. The van der Waals surface area contributed by atoms with Crippen molar-refractivity contribution in [2.24, 2.45) is 0 Å². The van der Waals surface area contributed by atoms with E-state index in [-0.39, 0.29) is 5.56 Å². The molecule has 0 aliphatic carbocycles. The van der Waals surface area contributed by atoms with E-state index >= 15 is 0 Å². The van der Waals surface area contributed by atoms with Crippen LogP contribution in [0.25, 0.3) is 0 Å². The zero-order valence-electron chi connectivity index (χ0n) is 12.8. The molecular formula is C18H17N3OS. The van der Waals surface area contributed by atoms with Crippen molar-refractivity contribution in [2.45, 2.75) is 24.3 Å². The minimum Gasteiger partial charge on any atom is -0.298 e. The fourth-order valence-electron chi connectivity index (χ4n) is 2.27. The minimum atomic E-state index is -0.171. The summed E-state index contributed by atoms with van der Waals surface area (Å²) in [6, 6.07) is 18.1. The molecule has 0 amide bonds. The van der Waals surface area contributed by atoms with Crippen LogP contribution in [-0.2, 0) is 12.2 Å². The molecule has 0 aliphatic rings. The summed E-state index contributed by atoms with van der Waals surface area (Å²) in [5.74, 6) is 0.754. The first kappa shape index (κ1) is 15.5. The highest BCUT2D eigenvalue weighted by Gasteiger charge is 2.06. The Labute approximate surface area is 139 Å². The molecule has 3 rings (SSSR count). The lowest BCUT2D eigenvalue weighted by Crippen LogP contribution is -2.17. The van der Waals surface area contributed by atoms with Crippen molar-refractivity contribution >= 4 is 11.8 Å². The summed E-state index contributed by atoms with van der Waals surface area (Å²) in [7, 11) is 0. The molecule has 1 heterocycles. The number of aromatic amines is 1. The molecule has 116 valence electrons. The van der Waals surface area contributed by atoms with E-state index in [1.54, 1.807) is 0 Å². The normalized spacial score (nSPS) is 10.7. The van der Waals surface area contributed by atoms with Gasteiger partial charge in [-0.1, -0.05) is 71.9 Å². The summed E-state index contributed by atoms with van der Waals surface area (Å²) in [5.41, 5.74) is 3.74. The van der Waals surface area contributed by atoms with Crippen molar-refractivity contribution in [2.75, 3.05) is 0 Å². The van der Waals surface area contributed by atoms with E-state index in [1.807, 2.05) is 36.4 Å². The highest BCUT2D eigenvalue weighted by Crippen LogP contribution is 2.18. The summed E-state index contributed by atoms with van der Waals surface area (Å²) >= 11 is 1.48. The molecule has 0 spiro atoms. The predicted molar refractivity (Wildman–Crippen MR) is 92.6 cm³/mol. The minimum absolute atomic E-state index is 0.171. The zero-order chi connectivity index (χ0) is 16.1. The first-order valence-electron chi connectivity index (χ1n) is 7.39. The molecule has 4 nitrogen and oxygen atoms in total. The van der Waals surface area contributed by atoms with Gasteiger partial charge in [-0.3, -0.25) is 9.78 Å². The fourth-order valence-corrected chi connectivity index (χ4v) is 3.02. The maximum absolute atomic E-state index is 12.1. The zero-order valence-corrected chi connectivity index (χ0v) is 13.6. The van der Waals surface area contributed by atoms with Crippen LogP contribution >= 0.6 is 11.8 Å². The van der Waals surface area contributed by atoms with Gasteiger partial charge in [0.25, 0.3) is 5.56 Å². The van der Waals surface area contributed by atoms with Crippen LogP contribution in [0.1, 0.15) is 22.4 Å². The van der Waals surface area contributed by atoms with Crippen LogP contribution in [0.4, 0.5) is 0 Å². The van der Waals surface area contributed by atoms with Crippen LogP contribution in [0.15, 0.2) is 64.5 Å². The smallest absolute Gasteiger partial charge is 0.273 e. The third-order valence-corrected chi connectivity index (χ3v) is 4.35. The molecule has 5 heteroatoms. The van der Waals surface area contributed by atoms with E-state index in [0.29, 0.717) is 17.3 Å². The average Bonchev–Trinajstić information content (AvgIpc) is 2.56. The molecule has 3 aromatic rings. The topological polar surface area (TPSA) is 58.6 Å². The number of hydrogen-bond acceptors (Lipinski definition) is 4. The molecule has 0 saturated carbocycles. The van der Waals surface area contributed by atoms with Crippen molar-refractivity contribution < 1.29 is 0 Å². The summed E-state index contributed by atoms with van der Waals surface area (Å²) < 4.78 is 0. The number of nitrogens with zero attached hydrogens (tertiary/aromatic N) is 2. The van der Waals surface area contributed by atoms with Gasteiger partial charge in [0, 0.05) is 12.2 Å². The first-order valence-corrected chi connectivity index (χ1v) is 8.37. The van der Waals surface area contributed by atoms with Crippen molar-refractivity contribution in [1.29, 1.82) is 0 Å². The number of hydrogen-bond donors (Lipinski definition) is 1. The van der Waals surface area contributed by atoms with Crippen molar-refractivity contribution in [3.63, 3.8) is 0 Å². The van der Waals surface area contributed by atoms with E-state index in [0.717, 1.165) is 11.3 Å². The maximum atomic E-state index is 12.1. The Balaban J connectivity index is 1.68. The summed E-state index contributed by atoms with van der Waals surface area (Å²) in [4.78, 5) is 15.0. The monoisotopic (exact) mass is 323 g/mol. The van der Waals surface area contributed by atoms with Gasteiger partial charge in [0.1, 0.15) is 5.69 Å². The van der Waals surface area contributed by atoms with Crippen LogP contribution in [0.2, 0.25) is 0 Å². The number of rotatable bonds is 5. The molecule has 0 aliphatic heterocycles. The number of benzene rings is 2. The molecule has 0 fully saturated rings. The Bertz CT molecular complexity index is 846. The molecular weight excluding hydrogens is 306 g/mol. The van der Waals surface area contributed by atoms with E-state index in [1.165, 1.54) is 22.9 Å². The Kier molecular flexibility index (Phi) is 4.88. The van der Waals surface area contributed by atoms with Gasteiger partial charge in [-0.15, -0.1) is 10.2 Å². The fraction of sp³-hybridized carbons (Fsp3) is 0.167. The van der Waals surface area contributed by atoms with Crippen molar-refractivity contribution in [1.82, 2.24) is 15.2 Å². The Morgan fingerprint density at radius 1 is 1.00 bits per heavy atom. The number of thioether (sulfide) groups is 1. The van der Waals surface area contributed by atoms with Crippen LogP contribution < -0.4 is 5.56 Å². The molecule has 1 N–H and O–H groups in total. The quantitative estimate of drug-likeness (QED) is 0.732. The summed E-state index contributed by atoms with van der Waals surface area (Å²) in [6.45, 7) is 2.06. The second-order valence-corrected chi connectivity index (χ2v) is 6.31. The van der Waals surface area contributed by atoms with E-state index in [9.17, 15) is 4.79 Å². The van der Waals surface area contributed by atoms with Crippen LogP contribution in [-0.4, -0.2) is 15.2 Å². The standard InChI is InChI=1S/C18H17N3OS/c1-13-6-5-9-15(10-13)12-23-18-19-17(22)16(20-21-18)11-14-7-3-2-4-8-14/h2-10H,11-12H2,1H3,(H,19,21,22). The van der Waals surface area contributed by atoms with Gasteiger partial charge in [0.15, 0.2) is 5.16 Å². The lowest BCUT2D eigenvalue weighted by Gasteiger charge is -2.03. The van der Waals surface area contributed by atoms with Crippen LogP contribution in [0.5, 0.6) is 0 Å². The molecule has 23 heavy (non-hydrogen) atoms. The van der Waals surface area contributed by atoms with Crippen molar-refractivity contribution in [3.8, 4) is 0 Å². The number of nitrogens with one attached hydrogen (secondary N) is 1. The molecule has 2 aromatic carbocycles. The highest BCUT2D eigenvalue weighted by molar-refractivity contribution is 7.98. The van der Waals surface area contributed by atoms with E-state index in [2.05, 4.69) is 40.3 Å². The Morgan fingerprint density at radius 3 is 2.52 bits per heavy atom. The molecule has 0 unspecified atom stereocenters. The van der Waals surface area contributed by atoms with Crippen molar-refractivity contribution in [3.05, 3.63) is 87.3 Å². The first-order chi connectivity index (χ1) is 11.2. The molecule has 0 atom stereocenters. The van der Waals surface area contributed by atoms with Gasteiger partial charge in [-0.25, -0.2) is 0 Å². The maximum Gasteiger partial charge on any atom is 0.273 e. The van der Waals surface area contributed by atoms with E-state index < -0.39 is 0 Å². The van der Waals surface area contributed by atoms with Gasteiger partial charge in [-0.2, -0.15) is 0 Å². The Morgan fingerprint density at radius 2 is 1.78 bits per heavy atom. The second-order valence-electron chi connectivity index (χ2n) is 5.35. The number of aromatic nitrogens is 3. The SMILES string of the molecule is Cc1cccc(CSc2nnc(Cc3ccccc3)c(=O)[nH]2)c1. The van der Waals surface area contributed by atoms with Gasteiger partial charge < -0.3 is 0 Å². The van der Waals surface area contributed by atoms with E-state index in [4.69, 9.17) is 0 Å². The molecule has 0 radical (unpaired) electrons. The van der Waals surface area contributed by atoms with Gasteiger partial charge in [-0.05, 0) is 18.1 Å². The van der Waals surface area contributed by atoms with Gasteiger partial charge in [0.2, 0.25) is 0 Å². The third kappa shape index (κ3) is 4.29. The Hall–Kier alpha value is -2.40. The van der Waals surface area contributed by atoms with Gasteiger partial charge in [0.05, 0.1) is 0 Å². The lowest BCUT2D eigenvalue weighted by atomic mass is 10.1. The molecule has 0 saturated heterocycles. The highest BCUT2D eigenvalue weighted by atomic mass is 32.2. The summed E-state index contributed by atoms with van der Waals surface area (Å²) in [5, 5.41) is 8.77. The van der Waals surface area contributed by atoms with Crippen LogP contribution in [0.3, 0.4) is 0 Å². The molecule has 1 aromatic heterocycles. The number of H-pyrrole nitrogens is 1. The van der Waals surface area contributed by atoms with Gasteiger partial charge >= 0.3 is 0 Å². The lowest BCUT2D eigenvalue weighted by molar-refractivity contribution is 0.772. The largest absolute Gasteiger partial charge is 0.298 e. The second kappa shape index (κ2) is 7.24. The number of aryl methyl sites for hydroxylation is 1. The third-order valence-electron chi connectivity index (χ3n) is 3.42. The predicted octanol–water partition coefficient (Wildman–Crippen LogP) is 3.36.